The highest BCUT2D eigenvalue weighted by molar-refractivity contribution is 5.89. The van der Waals surface area contributed by atoms with Gasteiger partial charge in [-0.05, 0) is 38.9 Å². The van der Waals surface area contributed by atoms with Gasteiger partial charge in [-0.15, -0.1) is 0 Å². The van der Waals surface area contributed by atoms with E-state index in [0.717, 1.165) is 56.2 Å². The highest BCUT2D eigenvalue weighted by Crippen LogP contribution is 2.29. The van der Waals surface area contributed by atoms with E-state index in [0.29, 0.717) is 0 Å². The van der Waals surface area contributed by atoms with Crippen LogP contribution in [0.25, 0.3) is 5.69 Å². The average Bonchev–Trinajstić information content (AvgIpc) is 3.30. The summed E-state index contributed by atoms with van der Waals surface area (Å²) in [6.07, 6.45) is 4.52. The summed E-state index contributed by atoms with van der Waals surface area (Å²) in [5.74, 6) is 1.18. The van der Waals surface area contributed by atoms with Crippen LogP contribution >= 0.6 is 0 Å². The molecule has 0 bridgehead atoms. The molecular formula is C20H28N6. The van der Waals surface area contributed by atoms with Gasteiger partial charge in [0.2, 0.25) is 0 Å². The maximum atomic E-state index is 4.86. The van der Waals surface area contributed by atoms with E-state index in [1.54, 1.807) is 0 Å². The van der Waals surface area contributed by atoms with Crippen LogP contribution in [-0.4, -0.2) is 72.2 Å². The Balaban J connectivity index is 1.68. The predicted octanol–water partition coefficient (Wildman–Crippen LogP) is 2.36. The number of anilines is 1. The van der Waals surface area contributed by atoms with Crippen LogP contribution in [0.5, 0.6) is 0 Å². The van der Waals surface area contributed by atoms with Gasteiger partial charge in [0.1, 0.15) is 5.82 Å². The van der Waals surface area contributed by atoms with Crippen molar-refractivity contribution in [3.63, 3.8) is 0 Å². The van der Waals surface area contributed by atoms with Gasteiger partial charge in [0.25, 0.3) is 0 Å². The first-order valence-corrected chi connectivity index (χ1v) is 9.60. The van der Waals surface area contributed by atoms with Crippen LogP contribution < -0.4 is 4.90 Å². The van der Waals surface area contributed by atoms with Gasteiger partial charge in [-0.1, -0.05) is 18.2 Å². The van der Waals surface area contributed by atoms with Gasteiger partial charge in [0.15, 0.2) is 0 Å². The number of hydrazone groups is 1. The summed E-state index contributed by atoms with van der Waals surface area (Å²) in [5, 5.41) is 11.8. The van der Waals surface area contributed by atoms with Gasteiger partial charge >= 0.3 is 0 Å². The fourth-order valence-electron chi connectivity index (χ4n) is 3.71. The minimum Gasteiger partial charge on any atom is -0.356 e. The molecule has 0 spiro atoms. The van der Waals surface area contributed by atoms with E-state index < -0.39 is 0 Å². The number of para-hydroxylation sites is 1. The van der Waals surface area contributed by atoms with E-state index in [4.69, 9.17) is 10.2 Å². The summed E-state index contributed by atoms with van der Waals surface area (Å²) >= 11 is 0. The monoisotopic (exact) mass is 352 g/mol. The topological polar surface area (TPSA) is 39.9 Å². The van der Waals surface area contributed by atoms with Crippen molar-refractivity contribution in [2.45, 2.75) is 19.8 Å². The summed E-state index contributed by atoms with van der Waals surface area (Å²) in [4.78, 5) is 4.80. The van der Waals surface area contributed by atoms with Crippen LogP contribution in [0, 0.1) is 6.92 Å². The van der Waals surface area contributed by atoms with Crippen molar-refractivity contribution in [1.82, 2.24) is 19.7 Å². The van der Waals surface area contributed by atoms with E-state index in [2.05, 4.69) is 57.7 Å². The third-order valence-electron chi connectivity index (χ3n) is 5.32. The third-order valence-corrected chi connectivity index (χ3v) is 5.32. The molecule has 0 unspecified atom stereocenters. The second-order valence-corrected chi connectivity index (χ2v) is 7.27. The molecule has 138 valence electrons. The zero-order valence-electron chi connectivity index (χ0n) is 15.8. The number of aryl methyl sites for hydroxylation is 1. The Morgan fingerprint density at radius 1 is 0.962 bits per heavy atom. The van der Waals surface area contributed by atoms with Crippen LogP contribution in [0.3, 0.4) is 0 Å². The van der Waals surface area contributed by atoms with Crippen molar-refractivity contribution >= 4 is 12.0 Å². The molecule has 0 saturated carbocycles. The quantitative estimate of drug-likeness (QED) is 0.792. The Hall–Kier alpha value is -2.34. The maximum absolute atomic E-state index is 4.86. The molecule has 6 nitrogen and oxygen atoms in total. The molecule has 0 N–H and O–H groups in total. The molecule has 2 aliphatic rings. The zero-order valence-corrected chi connectivity index (χ0v) is 15.8. The average molecular weight is 352 g/mol. The van der Waals surface area contributed by atoms with Crippen LogP contribution in [0.15, 0.2) is 35.4 Å². The highest BCUT2D eigenvalue weighted by Gasteiger charge is 2.23. The van der Waals surface area contributed by atoms with E-state index in [-0.39, 0.29) is 0 Å². The molecule has 26 heavy (non-hydrogen) atoms. The molecule has 4 rings (SSSR count). The lowest BCUT2D eigenvalue weighted by Gasteiger charge is -2.30. The van der Waals surface area contributed by atoms with Gasteiger partial charge in [-0.25, -0.2) is 4.68 Å². The van der Waals surface area contributed by atoms with Gasteiger partial charge in [-0.3, -0.25) is 5.01 Å². The minimum atomic E-state index is 0.984. The predicted molar refractivity (Wildman–Crippen MR) is 106 cm³/mol. The second kappa shape index (κ2) is 7.50. The van der Waals surface area contributed by atoms with Crippen molar-refractivity contribution in [2.75, 3.05) is 51.2 Å². The molecule has 6 heteroatoms. The minimum absolute atomic E-state index is 0.984. The summed E-state index contributed by atoms with van der Waals surface area (Å²) in [7, 11) is 2.17. The van der Waals surface area contributed by atoms with Crippen LogP contribution in [0.2, 0.25) is 0 Å². The van der Waals surface area contributed by atoms with Crippen molar-refractivity contribution in [3.8, 4) is 5.69 Å². The summed E-state index contributed by atoms with van der Waals surface area (Å²) in [5.41, 5.74) is 3.29. The summed E-state index contributed by atoms with van der Waals surface area (Å²) in [6, 6.07) is 10.4. The number of hydrogen-bond acceptors (Lipinski definition) is 5. The molecule has 0 aliphatic carbocycles. The van der Waals surface area contributed by atoms with Gasteiger partial charge < -0.3 is 9.80 Å². The number of nitrogens with zero attached hydrogens (tertiary/aromatic N) is 6. The molecule has 1 aromatic heterocycles. The number of rotatable bonds is 4. The largest absolute Gasteiger partial charge is 0.356 e. The number of benzene rings is 1. The van der Waals surface area contributed by atoms with Crippen LogP contribution in [0.4, 0.5) is 5.82 Å². The first-order chi connectivity index (χ1) is 12.7. The normalized spacial score (nSPS) is 19.0. The molecule has 1 aromatic carbocycles. The van der Waals surface area contributed by atoms with Gasteiger partial charge in [0, 0.05) is 39.3 Å². The first kappa shape index (κ1) is 17.1. The Morgan fingerprint density at radius 2 is 1.65 bits per heavy atom. The van der Waals surface area contributed by atoms with Crippen molar-refractivity contribution < 1.29 is 0 Å². The van der Waals surface area contributed by atoms with E-state index in [1.165, 1.54) is 18.7 Å². The standard InChI is InChI=1S/C20H28N6/c1-17-19(16-21-25-14-12-23(2)13-15-25)20(24-10-6-7-11-24)26(22-17)18-8-4-3-5-9-18/h3-5,8-9,16H,6-7,10-15H2,1-2H3/b21-16+. The summed E-state index contributed by atoms with van der Waals surface area (Å²) < 4.78 is 2.09. The molecule has 0 amide bonds. The van der Waals surface area contributed by atoms with Crippen LogP contribution in [0.1, 0.15) is 24.1 Å². The van der Waals surface area contributed by atoms with Crippen molar-refractivity contribution in [3.05, 3.63) is 41.6 Å². The van der Waals surface area contributed by atoms with E-state index >= 15 is 0 Å². The van der Waals surface area contributed by atoms with Crippen molar-refractivity contribution in [2.24, 2.45) is 5.10 Å². The Bertz CT molecular complexity index is 752. The number of hydrogen-bond donors (Lipinski definition) is 0. The smallest absolute Gasteiger partial charge is 0.141 e. The lowest BCUT2D eigenvalue weighted by Crippen LogP contribution is -2.41. The van der Waals surface area contributed by atoms with E-state index in [1.807, 2.05) is 12.3 Å². The van der Waals surface area contributed by atoms with Crippen LogP contribution in [-0.2, 0) is 0 Å². The van der Waals surface area contributed by atoms with E-state index in [9.17, 15) is 0 Å². The SMILES string of the molecule is Cc1nn(-c2ccccc2)c(N2CCCC2)c1/C=N/N1CCN(C)CC1. The first-order valence-electron chi connectivity index (χ1n) is 9.60. The molecular weight excluding hydrogens is 324 g/mol. The molecule has 0 atom stereocenters. The number of aromatic nitrogens is 2. The van der Waals surface area contributed by atoms with Gasteiger partial charge in [0.05, 0.1) is 23.2 Å². The van der Waals surface area contributed by atoms with Crippen molar-refractivity contribution in [1.29, 1.82) is 0 Å². The Labute approximate surface area is 155 Å². The molecule has 3 heterocycles. The molecule has 2 aliphatic heterocycles. The highest BCUT2D eigenvalue weighted by atomic mass is 15.5. The van der Waals surface area contributed by atoms with Gasteiger partial charge in [-0.2, -0.15) is 10.2 Å². The molecule has 2 saturated heterocycles. The Kier molecular flexibility index (Phi) is 4.93. The maximum Gasteiger partial charge on any atom is 0.141 e. The number of likely N-dealkylation sites (N-methyl/N-ethyl adjacent to an activating group) is 1. The fraction of sp³-hybridized carbons (Fsp3) is 0.500. The fourth-order valence-corrected chi connectivity index (χ4v) is 3.71. The second-order valence-electron chi connectivity index (χ2n) is 7.27. The molecule has 2 aromatic rings. The lowest BCUT2D eigenvalue weighted by atomic mass is 10.2. The summed E-state index contributed by atoms with van der Waals surface area (Å²) in [6.45, 7) is 8.37. The Morgan fingerprint density at radius 3 is 2.35 bits per heavy atom. The zero-order chi connectivity index (χ0) is 17.9. The molecule has 2 fully saturated rings. The number of piperazine rings is 1. The lowest BCUT2D eigenvalue weighted by molar-refractivity contribution is 0.159. The third kappa shape index (κ3) is 3.46. The molecule has 0 radical (unpaired) electrons.